The summed E-state index contributed by atoms with van der Waals surface area (Å²) >= 11 is 12.9. The summed E-state index contributed by atoms with van der Waals surface area (Å²) in [6.07, 6.45) is 0.707. The third-order valence-corrected chi connectivity index (χ3v) is 9.44. The summed E-state index contributed by atoms with van der Waals surface area (Å²) < 4.78 is 28.8. The lowest BCUT2D eigenvalue weighted by Crippen LogP contribution is -2.52. The van der Waals surface area contributed by atoms with Gasteiger partial charge in [-0.2, -0.15) is 0 Å². The van der Waals surface area contributed by atoms with E-state index in [1.165, 1.54) is 17.0 Å². The first-order chi connectivity index (χ1) is 18.9. The lowest BCUT2D eigenvalue weighted by atomic mass is 10.1. The van der Waals surface area contributed by atoms with Crippen LogP contribution < -0.4 is 9.62 Å². The SMILES string of the molecule is CC[C@@H](C)NC(=O)[C@@H](C)N(Cc1c(Cl)cccc1Cl)C(=O)CN(c1ccc(C)c(C)c1)S(=O)(=O)c1ccccc1. The van der Waals surface area contributed by atoms with Gasteiger partial charge in [0.1, 0.15) is 12.6 Å². The number of hydrogen-bond acceptors (Lipinski definition) is 4. The summed E-state index contributed by atoms with van der Waals surface area (Å²) in [6.45, 7) is 8.59. The van der Waals surface area contributed by atoms with Gasteiger partial charge in [0.15, 0.2) is 0 Å². The van der Waals surface area contributed by atoms with E-state index in [0.717, 1.165) is 15.4 Å². The van der Waals surface area contributed by atoms with E-state index in [9.17, 15) is 18.0 Å². The minimum absolute atomic E-state index is 0.0456. The van der Waals surface area contributed by atoms with E-state index in [2.05, 4.69) is 5.32 Å². The maximum atomic E-state index is 14.0. The Kier molecular flexibility index (Phi) is 10.6. The molecule has 0 aromatic heterocycles. The largest absolute Gasteiger partial charge is 0.352 e. The molecule has 0 spiro atoms. The maximum absolute atomic E-state index is 14.0. The molecular weight excluding hydrogens is 569 g/mol. The van der Waals surface area contributed by atoms with E-state index in [4.69, 9.17) is 23.2 Å². The molecule has 3 aromatic carbocycles. The van der Waals surface area contributed by atoms with Crippen molar-refractivity contribution in [1.29, 1.82) is 0 Å². The second kappa shape index (κ2) is 13.5. The Balaban J connectivity index is 2.08. The van der Waals surface area contributed by atoms with Gasteiger partial charge in [-0.05, 0) is 81.6 Å². The van der Waals surface area contributed by atoms with Gasteiger partial charge in [-0.25, -0.2) is 8.42 Å². The van der Waals surface area contributed by atoms with Crippen LogP contribution in [0.3, 0.4) is 0 Å². The van der Waals surface area contributed by atoms with Crippen LogP contribution in [0, 0.1) is 13.8 Å². The summed E-state index contributed by atoms with van der Waals surface area (Å²) in [4.78, 5) is 28.6. The van der Waals surface area contributed by atoms with Crippen LogP contribution in [-0.2, 0) is 26.2 Å². The molecule has 3 aromatic rings. The van der Waals surface area contributed by atoms with Gasteiger partial charge in [0, 0.05) is 28.2 Å². The second-order valence-corrected chi connectivity index (χ2v) is 12.5. The number of rotatable bonds is 11. The number of sulfonamides is 1. The standard InChI is InChI=1S/C30H35Cl2N3O4S/c1-6-22(4)33-30(37)23(5)34(18-26-27(31)13-10-14-28(26)32)29(36)19-35(24-16-15-20(2)21(3)17-24)40(38,39)25-11-8-7-9-12-25/h7-17,22-23H,6,18-19H2,1-5H3,(H,33,37)/t22-,23-/m1/s1. The van der Waals surface area contributed by atoms with Gasteiger partial charge < -0.3 is 10.2 Å². The number of amides is 2. The fraction of sp³-hybridized carbons (Fsp3) is 0.333. The Morgan fingerprint density at radius 1 is 0.900 bits per heavy atom. The Bertz CT molecular complexity index is 1440. The monoisotopic (exact) mass is 603 g/mol. The van der Waals surface area contributed by atoms with Gasteiger partial charge in [-0.1, -0.05) is 60.5 Å². The van der Waals surface area contributed by atoms with Crippen molar-refractivity contribution in [3.8, 4) is 0 Å². The molecular formula is C30H35Cl2N3O4S. The molecule has 0 radical (unpaired) electrons. The average Bonchev–Trinajstić information content (AvgIpc) is 2.93. The van der Waals surface area contributed by atoms with Crippen LogP contribution in [0.1, 0.15) is 43.9 Å². The zero-order valence-electron chi connectivity index (χ0n) is 23.3. The van der Waals surface area contributed by atoms with Crippen LogP contribution in [0.4, 0.5) is 5.69 Å². The van der Waals surface area contributed by atoms with Crippen molar-refractivity contribution in [3.63, 3.8) is 0 Å². The topological polar surface area (TPSA) is 86.8 Å². The molecule has 7 nitrogen and oxygen atoms in total. The summed E-state index contributed by atoms with van der Waals surface area (Å²) in [7, 11) is -4.14. The zero-order chi connectivity index (χ0) is 29.6. The molecule has 40 heavy (non-hydrogen) atoms. The fourth-order valence-corrected chi connectivity index (χ4v) is 5.98. The molecule has 0 heterocycles. The molecule has 1 N–H and O–H groups in total. The lowest BCUT2D eigenvalue weighted by molar-refractivity contribution is -0.139. The zero-order valence-corrected chi connectivity index (χ0v) is 25.6. The van der Waals surface area contributed by atoms with Crippen LogP contribution in [-0.4, -0.2) is 43.8 Å². The Morgan fingerprint density at radius 3 is 2.10 bits per heavy atom. The number of halogens is 2. The molecule has 0 aliphatic carbocycles. The lowest BCUT2D eigenvalue weighted by Gasteiger charge is -2.33. The molecule has 0 bridgehead atoms. The molecule has 0 saturated carbocycles. The molecule has 2 amide bonds. The fourth-order valence-electron chi connectivity index (χ4n) is 4.03. The minimum Gasteiger partial charge on any atom is -0.352 e. The Morgan fingerprint density at radius 2 is 1.52 bits per heavy atom. The van der Waals surface area contributed by atoms with Gasteiger partial charge in [0.05, 0.1) is 10.6 Å². The Labute approximate surface area is 247 Å². The highest BCUT2D eigenvalue weighted by atomic mass is 35.5. The summed E-state index contributed by atoms with van der Waals surface area (Å²) in [5.74, 6) is -0.949. The number of nitrogens with zero attached hydrogens (tertiary/aromatic N) is 2. The first kappa shape index (κ1) is 31.5. The molecule has 0 aliphatic heterocycles. The Hall–Kier alpha value is -3.07. The summed E-state index contributed by atoms with van der Waals surface area (Å²) in [6, 6.07) is 17.1. The second-order valence-electron chi connectivity index (χ2n) is 9.81. The molecule has 0 saturated heterocycles. The molecule has 214 valence electrons. The highest BCUT2D eigenvalue weighted by molar-refractivity contribution is 7.92. The molecule has 0 fully saturated rings. The maximum Gasteiger partial charge on any atom is 0.264 e. The van der Waals surface area contributed by atoms with E-state index in [-0.39, 0.29) is 23.4 Å². The van der Waals surface area contributed by atoms with Crippen molar-refractivity contribution in [1.82, 2.24) is 10.2 Å². The smallest absolute Gasteiger partial charge is 0.264 e. The van der Waals surface area contributed by atoms with Crippen molar-refractivity contribution in [3.05, 3.63) is 93.5 Å². The van der Waals surface area contributed by atoms with E-state index < -0.39 is 28.5 Å². The number of carbonyl (C=O) groups excluding carboxylic acids is 2. The molecule has 3 rings (SSSR count). The number of carbonyl (C=O) groups is 2. The first-order valence-electron chi connectivity index (χ1n) is 13.0. The van der Waals surface area contributed by atoms with Gasteiger partial charge >= 0.3 is 0 Å². The quantitative estimate of drug-likeness (QED) is 0.285. The van der Waals surface area contributed by atoms with E-state index >= 15 is 0 Å². The van der Waals surface area contributed by atoms with E-state index in [1.807, 2.05) is 33.8 Å². The highest BCUT2D eigenvalue weighted by Crippen LogP contribution is 2.29. The van der Waals surface area contributed by atoms with Crippen LogP contribution in [0.25, 0.3) is 0 Å². The molecule has 10 heteroatoms. The van der Waals surface area contributed by atoms with Gasteiger partial charge in [-0.3, -0.25) is 13.9 Å². The van der Waals surface area contributed by atoms with Crippen molar-refractivity contribution < 1.29 is 18.0 Å². The van der Waals surface area contributed by atoms with Crippen molar-refractivity contribution in [2.24, 2.45) is 0 Å². The number of aryl methyl sites for hydroxylation is 2. The van der Waals surface area contributed by atoms with Crippen molar-refractivity contribution in [2.45, 2.75) is 64.6 Å². The van der Waals surface area contributed by atoms with Crippen LogP contribution in [0.2, 0.25) is 10.0 Å². The normalized spacial score (nSPS) is 12.9. The minimum atomic E-state index is -4.14. The van der Waals surface area contributed by atoms with E-state index in [1.54, 1.807) is 55.5 Å². The third-order valence-electron chi connectivity index (χ3n) is 6.95. The van der Waals surface area contributed by atoms with Gasteiger partial charge in [-0.15, -0.1) is 0 Å². The predicted octanol–water partition coefficient (Wildman–Crippen LogP) is 6.14. The summed E-state index contributed by atoms with van der Waals surface area (Å²) in [5, 5.41) is 3.58. The van der Waals surface area contributed by atoms with Crippen LogP contribution in [0.15, 0.2) is 71.6 Å². The van der Waals surface area contributed by atoms with Gasteiger partial charge in [0.2, 0.25) is 11.8 Å². The molecule has 0 aliphatic rings. The summed E-state index contributed by atoms with van der Waals surface area (Å²) in [5.41, 5.74) is 2.66. The van der Waals surface area contributed by atoms with Crippen molar-refractivity contribution in [2.75, 3.05) is 10.8 Å². The predicted molar refractivity (Wildman–Crippen MR) is 161 cm³/mol. The number of benzene rings is 3. The van der Waals surface area contributed by atoms with Gasteiger partial charge in [0.25, 0.3) is 10.0 Å². The van der Waals surface area contributed by atoms with Crippen LogP contribution >= 0.6 is 23.2 Å². The number of nitrogens with one attached hydrogen (secondary N) is 1. The third kappa shape index (κ3) is 7.36. The highest BCUT2D eigenvalue weighted by Gasteiger charge is 2.33. The van der Waals surface area contributed by atoms with Crippen LogP contribution in [0.5, 0.6) is 0 Å². The number of hydrogen-bond donors (Lipinski definition) is 1. The first-order valence-corrected chi connectivity index (χ1v) is 15.2. The van der Waals surface area contributed by atoms with Crippen molar-refractivity contribution >= 4 is 50.7 Å². The molecule has 0 unspecified atom stereocenters. The average molecular weight is 605 g/mol. The number of anilines is 1. The molecule has 2 atom stereocenters. The van der Waals surface area contributed by atoms with E-state index in [0.29, 0.717) is 27.7 Å².